The first-order valence-electron chi connectivity index (χ1n) is 3.38. The van der Waals surface area contributed by atoms with E-state index in [-0.39, 0.29) is 6.04 Å². The SMILES string of the molecule is COCC(CCl)NC/C=C/Cl. The van der Waals surface area contributed by atoms with E-state index in [0.29, 0.717) is 12.5 Å². The second-order valence-electron chi connectivity index (χ2n) is 2.08. The molecular formula is C7H13Cl2NO. The highest BCUT2D eigenvalue weighted by Crippen LogP contribution is 1.89. The van der Waals surface area contributed by atoms with E-state index in [2.05, 4.69) is 5.32 Å². The van der Waals surface area contributed by atoms with Crippen LogP contribution in [0, 0.1) is 0 Å². The molecule has 0 aliphatic heterocycles. The molecule has 0 radical (unpaired) electrons. The lowest BCUT2D eigenvalue weighted by Crippen LogP contribution is -2.34. The number of alkyl halides is 1. The highest BCUT2D eigenvalue weighted by Gasteiger charge is 2.02. The zero-order chi connectivity index (χ0) is 8.53. The molecule has 1 unspecified atom stereocenters. The smallest absolute Gasteiger partial charge is 0.0627 e. The van der Waals surface area contributed by atoms with Gasteiger partial charge in [-0.3, -0.25) is 0 Å². The Hall–Kier alpha value is 0.240. The fraction of sp³-hybridized carbons (Fsp3) is 0.714. The van der Waals surface area contributed by atoms with Crippen molar-refractivity contribution >= 4 is 23.2 Å². The highest BCUT2D eigenvalue weighted by atomic mass is 35.5. The van der Waals surface area contributed by atoms with E-state index < -0.39 is 0 Å². The molecule has 11 heavy (non-hydrogen) atoms. The molecule has 0 rings (SSSR count). The van der Waals surface area contributed by atoms with Gasteiger partial charge in [-0.2, -0.15) is 0 Å². The summed E-state index contributed by atoms with van der Waals surface area (Å²) in [5.41, 5.74) is 1.48. The topological polar surface area (TPSA) is 21.3 Å². The van der Waals surface area contributed by atoms with Crippen LogP contribution < -0.4 is 5.32 Å². The van der Waals surface area contributed by atoms with E-state index in [1.54, 1.807) is 7.11 Å². The Bertz CT molecular complexity index is 109. The summed E-state index contributed by atoms with van der Waals surface area (Å²) in [6, 6.07) is 0.203. The van der Waals surface area contributed by atoms with Crippen molar-refractivity contribution in [3.05, 3.63) is 11.6 Å². The number of nitrogens with one attached hydrogen (secondary N) is 1. The first-order chi connectivity index (χ1) is 5.35. The maximum Gasteiger partial charge on any atom is 0.0627 e. The number of ether oxygens (including phenoxy) is 1. The van der Waals surface area contributed by atoms with Crippen LogP contribution in [0.4, 0.5) is 0 Å². The normalized spacial score (nSPS) is 14.1. The van der Waals surface area contributed by atoms with Gasteiger partial charge in [0.05, 0.1) is 6.61 Å². The van der Waals surface area contributed by atoms with Crippen LogP contribution in [0.15, 0.2) is 11.6 Å². The van der Waals surface area contributed by atoms with Gasteiger partial charge >= 0.3 is 0 Å². The van der Waals surface area contributed by atoms with Gasteiger partial charge in [0.15, 0.2) is 0 Å². The quantitative estimate of drug-likeness (QED) is 0.654. The second kappa shape index (κ2) is 8.34. The van der Waals surface area contributed by atoms with Crippen LogP contribution >= 0.6 is 23.2 Å². The molecule has 0 heterocycles. The Morgan fingerprint density at radius 2 is 2.36 bits per heavy atom. The van der Waals surface area contributed by atoms with Gasteiger partial charge in [0.2, 0.25) is 0 Å². The molecule has 0 bridgehead atoms. The summed E-state index contributed by atoms with van der Waals surface area (Å²) in [5.74, 6) is 0.546. The molecule has 0 fully saturated rings. The summed E-state index contributed by atoms with van der Waals surface area (Å²) >= 11 is 10.9. The number of rotatable bonds is 6. The predicted octanol–water partition coefficient (Wildman–Crippen LogP) is 1.58. The van der Waals surface area contributed by atoms with Gasteiger partial charge in [-0.05, 0) is 0 Å². The van der Waals surface area contributed by atoms with Crippen molar-refractivity contribution in [2.75, 3.05) is 26.1 Å². The predicted molar refractivity (Wildman–Crippen MR) is 49.4 cm³/mol. The zero-order valence-electron chi connectivity index (χ0n) is 6.52. The molecule has 66 valence electrons. The molecular weight excluding hydrogens is 185 g/mol. The van der Waals surface area contributed by atoms with E-state index >= 15 is 0 Å². The number of halogens is 2. The van der Waals surface area contributed by atoms with Crippen molar-refractivity contribution in [2.45, 2.75) is 6.04 Å². The fourth-order valence-electron chi connectivity index (χ4n) is 0.638. The third kappa shape index (κ3) is 6.63. The van der Waals surface area contributed by atoms with Crippen LogP contribution in [-0.2, 0) is 4.74 Å². The third-order valence-electron chi connectivity index (χ3n) is 1.17. The van der Waals surface area contributed by atoms with E-state index in [1.807, 2.05) is 6.08 Å². The molecule has 0 saturated carbocycles. The maximum atomic E-state index is 5.63. The lowest BCUT2D eigenvalue weighted by Gasteiger charge is -2.12. The molecule has 2 nitrogen and oxygen atoms in total. The van der Waals surface area contributed by atoms with Crippen molar-refractivity contribution < 1.29 is 4.74 Å². The van der Waals surface area contributed by atoms with Gasteiger partial charge in [0, 0.05) is 31.1 Å². The molecule has 1 atom stereocenters. The molecule has 0 spiro atoms. The summed E-state index contributed by atoms with van der Waals surface area (Å²) in [7, 11) is 1.65. The summed E-state index contributed by atoms with van der Waals surface area (Å²) in [6.45, 7) is 1.35. The fourth-order valence-corrected chi connectivity index (χ4v) is 0.926. The van der Waals surface area contributed by atoms with E-state index in [1.165, 1.54) is 5.54 Å². The third-order valence-corrected chi connectivity index (χ3v) is 1.72. The summed E-state index contributed by atoms with van der Waals surface area (Å²) in [5, 5.41) is 3.14. The molecule has 4 heteroatoms. The van der Waals surface area contributed by atoms with Crippen LogP contribution in [0.5, 0.6) is 0 Å². The average Bonchev–Trinajstić information content (AvgIpc) is 2.03. The van der Waals surface area contributed by atoms with Crippen molar-refractivity contribution in [2.24, 2.45) is 0 Å². The Morgan fingerprint density at radius 3 is 2.82 bits per heavy atom. The molecule has 0 aromatic heterocycles. The van der Waals surface area contributed by atoms with Gasteiger partial charge in [0.1, 0.15) is 0 Å². The van der Waals surface area contributed by atoms with Crippen molar-refractivity contribution in [1.82, 2.24) is 5.32 Å². The van der Waals surface area contributed by atoms with Crippen molar-refractivity contribution in [1.29, 1.82) is 0 Å². The van der Waals surface area contributed by atoms with Gasteiger partial charge < -0.3 is 10.1 Å². The van der Waals surface area contributed by atoms with Crippen LogP contribution in [0.25, 0.3) is 0 Å². The summed E-state index contributed by atoms with van der Waals surface area (Å²) in [6.07, 6.45) is 1.82. The Labute approximate surface area is 77.5 Å². The minimum Gasteiger partial charge on any atom is -0.383 e. The molecule has 0 aromatic rings. The molecule has 0 aromatic carbocycles. The van der Waals surface area contributed by atoms with Crippen molar-refractivity contribution in [3.8, 4) is 0 Å². The minimum atomic E-state index is 0.203. The lowest BCUT2D eigenvalue weighted by molar-refractivity contribution is 0.175. The lowest BCUT2D eigenvalue weighted by atomic mass is 10.3. The molecule has 1 N–H and O–H groups in total. The highest BCUT2D eigenvalue weighted by molar-refractivity contribution is 6.25. The van der Waals surface area contributed by atoms with Crippen LogP contribution in [0.1, 0.15) is 0 Å². The standard InChI is InChI=1S/C7H13Cl2NO/c1-11-6-7(5-9)10-4-2-3-8/h2-3,7,10H,4-6H2,1H3/b3-2+. The van der Waals surface area contributed by atoms with E-state index in [9.17, 15) is 0 Å². The Balaban J connectivity index is 3.35. The van der Waals surface area contributed by atoms with Gasteiger partial charge in [-0.25, -0.2) is 0 Å². The van der Waals surface area contributed by atoms with Crippen LogP contribution in [-0.4, -0.2) is 32.2 Å². The van der Waals surface area contributed by atoms with E-state index in [4.69, 9.17) is 27.9 Å². The molecule has 0 saturated heterocycles. The number of hydrogen-bond acceptors (Lipinski definition) is 2. The number of methoxy groups -OCH3 is 1. The number of hydrogen-bond donors (Lipinski definition) is 1. The van der Waals surface area contributed by atoms with Crippen molar-refractivity contribution in [3.63, 3.8) is 0 Å². The first kappa shape index (κ1) is 11.2. The summed E-state index contributed by atoms with van der Waals surface area (Å²) in [4.78, 5) is 0. The summed E-state index contributed by atoms with van der Waals surface area (Å²) < 4.78 is 4.92. The monoisotopic (exact) mass is 197 g/mol. The Morgan fingerprint density at radius 1 is 1.64 bits per heavy atom. The average molecular weight is 198 g/mol. The molecule has 0 aliphatic carbocycles. The minimum absolute atomic E-state index is 0.203. The molecule has 0 aliphatic rings. The largest absolute Gasteiger partial charge is 0.383 e. The van der Waals surface area contributed by atoms with Crippen LogP contribution in [0.3, 0.4) is 0 Å². The van der Waals surface area contributed by atoms with Crippen LogP contribution in [0.2, 0.25) is 0 Å². The zero-order valence-corrected chi connectivity index (χ0v) is 8.03. The van der Waals surface area contributed by atoms with Gasteiger partial charge in [-0.1, -0.05) is 17.7 Å². The van der Waals surface area contributed by atoms with Gasteiger partial charge in [0.25, 0.3) is 0 Å². The maximum absolute atomic E-state index is 5.63. The van der Waals surface area contributed by atoms with E-state index in [0.717, 1.165) is 6.54 Å². The van der Waals surface area contributed by atoms with Gasteiger partial charge in [-0.15, -0.1) is 11.6 Å². The first-order valence-corrected chi connectivity index (χ1v) is 4.35. The molecule has 0 amide bonds. The second-order valence-corrected chi connectivity index (χ2v) is 2.64. The Kier molecular flexibility index (Phi) is 8.52.